The third-order valence-corrected chi connectivity index (χ3v) is 1.41. The van der Waals surface area contributed by atoms with Crippen molar-refractivity contribution in [2.45, 2.75) is 12.3 Å². The zero-order valence-electron chi connectivity index (χ0n) is 4.90. The highest BCUT2D eigenvalue weighted by Gasteiger charge is 1.98. The van der Waals surface area contributed by atoms with Gasteiger partial charge in [-0.3, -0.25) is 0 Å². The molecule has 50 valence electrons. The van der Waals surface area contributed by atoms with Crippen LogP contribution in [0.3, 0.4) is 0 Å². The highest BCUT2D eigenvalue weighted by Crippen LogP contribution is 2.37. The molecule has 0 aromatic carbocycles. The van der Waals surface area contributed by atoms with Gasteiger partial charge in [-0.25, -0.2) is 0 Å². The average Bonchev–Trinajstić information content (AvgIpc) is 1.61. The number of alkyl halides is 1. The lowest BCUT2D eigenvalue weighted by atomic mass is 10.5. The quantitative estimate of drug-likeness (QED) is 0.473. The van der Waals surface area contributed by atoms with Crippen LogP contribution in [0.25, 0.3) is 0 Å². The molecule has 0 saturated carbocycles. The second-order valence-corrected chi connectivity index (χ2v) is 4.77. The van der Waals surface area contributed by atoms with E-state index in [0.29, 0.717) is 6.61 Å². The van der Waals surface area contributed by atoms with Crippen molar-refractivity contribution in [1.82, 2.24) is 0 Å². The molecule has 0 spiro atoms. The SMILES string of the molecule is CC(Cl)COP(C)Cl. The summed E-state index contributed by atoms with van der Waals surface area (Å²) in [7, 11) is -0.745. The Labute approximate surface area is 60.9 Å². The van der Waals surface area contributed by atoms with Crippen LogP contribution in [0.1, 0.15) is 6.92 Å². The molecule has 8 heavy (non-hydrogen) atoms. The Morgan fingerprint density at radius 1 is 1.75 bits per heavy atom. The van der Waals surface area contributed by atoms with Crippen molar-refractivity contribution in [3.05, 3.63) is 0 Å². The predicted octanol–water partition coefficient (Wildman–Crippen LogP) is 2.81. The van der Waals surface area contributed by atoms with Crippen LogP contribution in [0.15, 0.2) is 0 Å². The molecule has 0 amide bonds. The maximum atomic E-state index is 5.55. The molecule has 0 fully saturated rings. The van der Waals surface area contributed by atoms with E-state index in [1.165, 1.54) is 0 Å². The summed E-state index contributed by atoms with van der Waals surface area (Å²) in [5.74, 6) is 0. The van der Waals surface area contributed by atoms with Gasteiger partial charge in [-0.05, 0) is 13.6 Å². The van der Waals surface area contributed by atoms with Crippen molar-refractivity contribution in [3.8, 4) is 0 Å². The fraction of sp³-hybridized carbons (Fsp3) is 1.00. The Morgan fingerprint density at radius 2 is 2.25 bits per heavy atom. The van der Waals surface area contributed by atoms with Gasteiger partial charge >= 0.3 is 0 Å². The molecule has 0 rings (SSSR count). The molecule has 2 atom stereocenters. The number of rotatable bonds is 3. The van der Waals surface area contributed by atoms with E-state index >= 15 is 0 Å². The topological polar surface area (TPSA) is 9.23 Å². The molecule has 0 aromatic heterocycles. The fourth-order valence-corrected chi connectivity index (χ4v) is 0.954. The first-order chi connectivity index (χ1) is 3.63. The summed E-state index contributed by atoms with van der Waals surface area (Å²) in [6, 6.07) is 0. The molecular formula is C4H9Cl2OP. The van der Waals surface area contributed by atoms with Crippen molar-refractivity contribution in [3.63, 3.8) is 0 Å². The minimum absolute atomic E-state index is 0.0682. The van der Waals surface area contributed by atoms with Crippen LogP contribution in [0.4, 0.5) is 0 Å². The lowest BCUT2D eigenvalue weighted by Crippen LogP contribution is -1.99. The number of halogens is 2. The first-order valence-corrected chi connectivity index (χ1v) is 5.34. The summed E-state index contributed by atoms with van der Waals surface area (Å²) >= 11 is 11.1. The van der Waals surface area contributed by atoms with E-state index in [-0.39, 0.29) is 5.38 Å². The monoisotopic (exact) mass is 174 g/mol. The van der Waals surface area contributed by atoms with Crippen LogP contribution in [0, 0.1) is 0 Å². The Bertz CT molecular complexity index is 50.0. The molecule has 0 bridgehead atoms. The van der Waals surface area contributed by atoms with Crippen LogP contribution in [0.2, 0.25) is 0 Å². The molecule has 4 heteroatoms. The maximum Gasteiger partial charge on any atom is 0.121 e. The molecule has 0 radical (unpaired) electrons. The first kappa shape index (κ1) is 8.97. The minimum Gasteiger partial charge on any atom is -0.342 e. The van der Waals surface area contributed by atoms with Gasteiger partial charge in [0.2, 0.25) is 0 Å². The summed E-state index contributed by atoms with van der Waals surface area (Å²) in [5.41, 5.74) is 0. The molecule has 0 saturated heterocycles. The predicted molar refractivity (Wildman–Crippen MR) is 40.0 cm³/mol. The van der Waals surface area contributed by atoms with Gasteiger partial charge in [-0.15, -0.1) is 11.6 Å². The Hall–Kier alpha value is 0.970. The van der Waals surface area contributed by atoms with Gasteiger partial charge in [0, 0.05) is 0 Å². The van der Waals surface area contributed by atoms with Crippen molar-refractivity contribution in [2.24, 2.45) is 0 Å². The van der Waals surface area contributed by atoms with Gasteiger partial charge in [-0.2, -0.15) is 0 Å². The van der Waals surface area contributed by atoms with Crippen molar-refractivity contribution in [2.75, 3.05) is 13.3 Å². The van der Waals surface area contributed by atoms with Gasteiger partial charge in [0.15, 0.2) is 0 Å². The summed E-state index contributed by atoms with van der Waals surface area (Å²) in [5, 5.41) is 0.0682. The minimum atomic E-state index is -0.745. The van der Waals surface area contributed by atoms with Crippen LogP contribution in [-0.2, 0) is 4.52 Å². The highest BCUT2D eigenvalue weighted by molar-refractivity contribution is 7.79. The highest BCUT2D eigenvalue weighted by atomic mass is 35.7. The van der Waals surface area contributed by atoms with E-state index in [1.54, 1.807) is 0 Å². The molecule has 0 heterocycles. The smallest absolute Gasteiger partial charge is 0.121 e. The van der Waals surface area contributed by atoms with Gasteiger partial charge in [0.05, 0.1) is 12.0 Å². The summed E-state index contributed by atoms with van der Waals surface area (Å²) < 4.78 is 5.00. The molecule has 1 nitrogen and oxygen atoms in total. The van der Waals surface area contributed by atoms with Crippen LogP contribution < -0.4 is 0 Å². The van der Waals surface area contributed by atoms with Crippen molar-refractivity contribution in [1.29, 1.82) is 0 Å². The summed E-state index contributed by atoms with van der Waals surface area (Å²) in [4.78, 5) is 0. The standard InChI is InChI=1S/C4H9Cl2OP/c1-4(5)3-7-8(2)6/h4H,3H2,1-2H3. The van der Waals surface area contributed by atoms with E-state index in [4.69, 9.17) is 27.4 Å². The van der Waals surface area contributed by atoms with Gasteiger partial charge < -0.3 is 4.52 Å². The molecule has 0 N–H and O–H groups in total. The molecular weight excluding hydrogens is 166 g/mol. The van der Waals surface area contributed by atoms with Crippen LogP contribution in [0.5, 0.6) is 0 Å². The summed E-state index contributed by atoms with van der Waals surface area (Å²) in [6.45, 7) is 4.25. The second kappa shape index (κ2) is 4.81. The Balaban J connectivity index is 2.93. The van der Waals surface area contributed by atoms with E-state index in [0.717, 1.165) is 0 Å². The van der Waals surface area contributed by atoms with Crippen molar-refractivity contribution >= 4 is 30.3 Å². The third-order valence-electron chi connectivity index (χ3n) is 0.482. The zero-order chi connectivity index (χ0) is 6.57. The van der Waals surface area contributed by atoms with Crippen LogP contribution in [-0.4, -0.2) is 18.6 Å². The fourth-order valence-electron chi connectivity index (χ4n) is 0.205. The molecule has 2 unspecified atom stereocenters. The molecule has 0 aliphatic rings. The Morgan fingerprint density at radius 3 is 2.38 bits per heavy atom. The summed E-state index contributed by atoms with van der Waals surface area (Å²) in [6.07, 6.45) is 0. The largest absolute Gasteiger partial charge is 0.342 e. The lowest BCUT2D eigenvalue weighted by Gasteiger charge is -2.04. The van der Waals surface area contributed by atoms with Crippen molar-refractivity contribution < 1.29 is 4.52 Å². The van der Waals surface area contributed by atoms with Gasteiger partial charge in [0.25, 0.3) is 0 Å². The average molecular weight is 175 g/mol. The van der Waals surface area contributed by atoms with Crippen LogP contribution >= 0.6 is 30.3 Å². The van der Waals surface area contributed by atoms with E-state index in [9.17, 15) is 0 Å². The second-order valence-electron chi connectivity index (χ2n) is 1.50. The zero-order valence-corrected chi connectivity index (χ0v) is 7.30. The van der Waals surface area contributed by atoms with Gasteiger partial charge in [-0.1, -0.05) is 11.2 Å². The number of hydrogen-bond donors (Lipinski definition) is 0. The molecule has 0 aliphatic carbocycles. The Kier molecular flexibility index (Phi) is 5.40. The number of hydrogen-bond acceptors (Lipinski definition) is 1. The van der Waals surface area contributed by atoms with E-state index in [2.05, 4.69) is 0 Å². The molecule has 0 aliphatic heterocycles. The maximum absolute atomic E-state index is 5.55. The van der Waals surface area contributed by atoms with E-state index < -0.39 is 7.50 Å². The third kappa shape index (κ3) is 6.97. The normalized spacial score (nSPS) is 18.0. The molecule has 0 aromatic rings. The van der Waals surface area contributed by atoms with Gasteiger partial charge in [0.1, 0.15) is 7.50 Å². The first-order valence-electron chi connectivity index (χ1n) is 2.29. The van der Waals surface area contributed by atoms with E-state index in [1.807, 2.05) is 13.6 Å². The lowest BCUT2D eigenvalue weighted by molar-refractivity contribution is 0.364.